The molecule has 9 nitrogen and oxygen atoms in total. The number of carbonyl (C=O) groups is 3. The van der Waals surface area contributed by atoms with Crippen molar-refractivity contribution in [2.45, 2.75) is 264 Å². The average molecular weight is 1060 g/mol. The Bertz CT molecular complexity index is 1570. The van der Waals surface area contributed by atoms with Crippen molar-refractivity contribution >= 4 is 17.9 Å². The number of rotatable bonds is 56. The molecule has 0 saturated carbocycles. The molecule has 0 bridgehead atoms. The summed E-state index contributed by atoms with van der Waals surface area (Å²) in [7, 11) is 5.92. The van der Waals surface area contributed by atoms with Crippen molar-refractivity contribution in [1.29, 1.82) is 0 Å². The zero-order valence-corrected chi connectivity index (χ0v) is 49.6. The van der Waals surface area contributed by atoms with E-state index in [2.05, 4.69) is 111 Å². The van der Waals surface area contributed by atoms with Crippen molar-refractivity contribution in [3.05, 3.63) is 97.2 Å². The summed E-state index contributed by atoms with van der Waals surface area (Å²) in [5, 5.41) is 11.8. The SMILES string of the molecule is CC/C=C\C/C=C\C/C=C\C/C=C\C/C=C\C/C=C\CCCCCCCCCCCCCCCCC(=O)OC(COC(=O)CCCCCCCCC/C=C\C/C=C\CCCCCC)COC(OCC[N+](C)(C)C)C(=O)[O-]. The summed E-state index contributed by atoms with van der Waals surface area (Å²) in [6.07, 6.45) is 74.6. The predicted octanol–water partition coefficient (Wildman–Crippen LogP) is 17.2. The van der Waals surface area contributed by atoms with Crippen LogP contribution in [0.3, 0.4) is 0 Å². The third kappa shape index (κ3) is 57.9. The van der Waals surface area contributed by atoms with E-state index in [1.165, 1.54) is 122 Å². The number of carboxylic acids is 1. The van der Waals surface area contributed by atoms with Crippen LogP contribution in [0.1, 0.15) is 251 Å². The van der Waals surface area contributed by atoms with Gasteiger partial charge in [0, 0.05) is 12.8 Å². The van der Waals surface area contributed by atoms with Gasteiger partial charge in [0.25, 0.3) is 0 Å². The smallest absolute Gasteiger partial charge is 0.306 e. The van der Waals surface area contributed by atoms with Crippen molar-refractivity contribution in [3.63, 3.8) is 0 Å². The first-order chi connectivity index (χ1) is 37.1. The number of ether oxygens (including phenoxy) is 4. The molecule has 0 aliphatic heterocycles. The van der Waals surface area contributed by atoms with Gasteiger partial charge < -0.3 is 33.3 Å². The molecule has 0 amide bonds. The van der Waals surface area contributed by atoms with Crippen molar-refractivity contribution in [2.75, 3.05) is 47.5 Å². The molecule has 0 aromatic rings. The fraction of sp³-hybridized carbons (Fsp3) is 0.716. The lowest BCUT2D eigenvalue weighted by atomic mass is 10.0. The lowest BCUT2D eigenvalue weighted by Crippen LogP contribution is -2.44. The summed E-state index contributed by atoms with van der Waals surface area (Å²) >= 11 is 0. The average Bonchev–Trinajstić information content (AvgIpc) is 3.39. The molecular formula is C67H115NO8. The van der Waals surface area contributed by atoms with Gasteiger partial charge in [-0.05, 0) is 96.3 Å². The fourth-order valence-corrected chi connectivity index (χ4v) is 8.34. The minimum Gasteiger partial charge on any atom is -0.545 e. The Balaban J connectivity index is 4.17. The topological polar surface area (TPSA) is 111 Å². The van der Waals surface area contributed by atoms with E-state index in [-0.39, 0.29) is 38.6 Å². The Kier molecular flexibility index (Phi) is 54.5. The predicted molar refractivity (Wildman–Crippen MR) is 320 cm³/mol. The molecule has 9 heteroatoms. The van der Waals surface area contributed by atoms with Gasteiger partial charge in [-0.25, -0.2) is 0 Å². The number of unbranched alkanes of at least 4 members (excludes halogenated alkanes) is 25. The van der Waals surface area contributed by atoms with E-state index in [4.69, 9.17) is 18.9 Å². The van der Waals surface area contributed by atoms with Crippen LogP contribution in [-0.2, 0) is 33.3 Å². The van der Waals surface area contributed by atoms with E-state index in [9.17, 15) is 19.5 Å². The number of hydrogen-bond acceptors (Lipinski definition) is 8. The highest BCUT2D eigenvalue weighted by molar-refractivity contribution is 5.70. The number of esters is 2. The Hall–Kier alpha value is -3.79. The van der Waals surface area contributed by atoms with E-state index in [1.54, 1.807) is 0 Å². The molecule has 0 rings (SSSR count). The number of aliphatic carboxylic acids is 1. The van der Waals surface area contributed by atoms with Gasteiger partial charge in [-0.3, -0.25) is 9.59 Å². The van der Waals surface area contributed by atoms with E-state index in [1.807, 2.05) is 21.1 Å². The monoisotopic (exact) mass is 1060 g/mol. The quantitative estimate of drug-likeness (QED) is 0.0195. The number of quaternary nitrogens is 1. The molecule has 0 heterocycles. The summed E-state index contributed by atoms with van der Waals surface area (Å²) < 4.78 is 22.7. The van der Waals surface area contributed by atoms with Gasteiger partial charge in [-0.2, -0.15) is 0 Å². The zero-order valence-electron chi connectivity index (χ0n) is 49.6. The molecule has 0 aromatic carbocycles. The highest BCUT2D eigenvalue weighted by Crippen LogP contribution is 2.16. The molecule has 2 atom stereocenters. The fourth-order valence-electron chi connectivity index (χ4n) is 8.34. The van der Waals surface area contributed by atoms with Gasteiger partial charge in [-0.1, -0.05) is 239 Å². The minimum atomic E-state index is -1.63. The number of carboxylic acid groups (broad SMARTS) is 1. The van der Waals surface area contributed by atoms with E-state index in [0.29, 0.717) is 17.4 Å². The van der Waals surface area contributed by atoms with Crippen LogP contribution in [0.15, 0.2) is 97.2 Å². The maximum absolute atomic E-state index is 12.9. The molecule has 0 radical (unpaired) electrons. The van der Waals surface area contributed by atoms with Crippen LogP contribution in [0.25, 0.3) is 0 Å². The molecule has 0 aromatic heterocycles. The first kappa shape index (κ1) is 72.2. The van der Waals surface area contributed by atoms with Crippen LogP contribution in [0.2, 0.25) is 0 Å². The molecule has 0 spiro atoms. The number of likely N-dealkylation sites (N-methyl/N-ethyl adjacent to an activating group) is 1. The lowest BCUT2D eigenvalue weighted by Gasteiger charge is -2.26. The number of hydrogen-bond donors (Lipinski definition) is 0. The zero-order chi connectivity index (χ0) is 55.5. The molecule has 0 saturated heterocycles. The van der Waals surface area contributed by atoms with Gasteiger partial charge in [-0.15, -0.1) is 0 Å². The molecule has 0 N–H and O–H groups in total. The first-order valence-corrected chi connectivity index (χ1v) is 30.9. The van der Waals surface area contributed by atoms with Crippen LogP contribution in [0.5, 0.6) is 0 Å². The molecule has 0 aliphatic rings. The number of nitrogens with zero attached hydrogens (tertiary/aromatic N) is 1. The highest BCUT2D eigenvalue weighted by Gasteiger charge is 2.22. The second-order valence-corrected chi connectivity index (χ2v) is 21.6. The van der Waals surface area contributed by atoms with Crippen molar-refractivity contribution in [3.8, 4) is 0 Å². The number of carbonyl (C=O) groups excluding carboxylic acids is 3. The molecule has 0 fully saturated rings. The van der Waals surface area contributed by atoms with E-state index in [0.717, 1.165) is 96.3 Å². The summed E-state index contributed by atoms with van der Waals surface area (Å²) in [6, 6.07) is 0. The van der Waals surface area contributed by atoms with Crippen LogP contribution in [-0.4, -0.2) is 82.3 Å². The van der Waals surface area contributed by atoms with Gasteiger partial charge in [0.2, 0.25) is 0 Å². The van der Waals surface area contributed by atoms with E-state index < -0.39 is 24.3 Å². The normalized spacial score (nSPS) is 13.4. The Morgan fingerprint density at radius 3 is 1.12 bits per heavy atom. The Morgan fingerprint density at radius 1 is 0.408 bits per heavy atom. The maximum atomic E-state index is 12.9. The second-order valence-electron chi connectivity index (χ2n) is 21.6. The van der Waals surface area contributed by atoms with Crippen LogP contribution in [0.4, 0.5) is 0 Å². The standard InChI is InChI=1S/C67H115NO8/c1-6-8-10-12-14-16-18-20-22-24-26-27-28-29-30-31-32-33-34-35-36-37-38-39-40-42-44-46-48-50-52-54-56-58-65(70)76-63(62-75-67(66(71)72)73-60-59-68(3,4)5)61-74-64(69)57-55-53-51-49-47-45-43-41-25-23-21-19-17-15-13-11-9-7-2/h8,10,14,16-17,19-20,22-23,25-27,29-30,32-33,63,67H,6-7,9,11-13,15,18,21,24,28,31,34-62H2,1-5H3/b10-8-,16-14-,19-17-,22-20-,25-23-,27-26-,30-29-,33-32-. The van der Waals surface area contributed by atoms with Gasteiger partial charge >= 0.3 is 11.9 Å². The van der Waals surface area contributed by atoms with Crippen molar-refractivity contribution in [1.82, 2.24) is 0 Å². The second kappa shape index (κ2) is 57.4. The van der Waals surface area contributed by atoms with Crippen LogP contribution >= 0.6 is 0 Å². The third-order valence-electron chi connectivity index (χ3n) is 13.1. The van der Waals surface area contributed by atoms with Crippen LogP contribution < -0.4 is 5.11 Å². The Morgan fingerprint density at radius 2 is 0.750 bits per heavy atom. The van der Waals surface area contributed by atoms with Gasteiger partial charge in [0.15, 0.2) is 12.4 Å². The summed E-state index contributed by atoms with van der Waals surface area (Å²) in [5.74, 6) is -2.29. The lowest BCUT2D eigenvalue weighted by molar-refractivity contribution is -0.870. The molecule has 0 aliphatic carbocycles. The first-order valence-electron chi connectivity index (χ1n) is 30.9. The summed E-state index contributed by atoms with van der Waals surface area (Å²) in [6.45, 7) is 4.61. The van der Waals surface area contributed by atoms with Crippen LogP contribution in [0, 0.1) is 0 Å². The third-order valence-corrected chi connectivity index (χ3v) is 13.1. The molecular weight excluding hydrogens is 947 g/mol. The summed E-state index contributed by atoms with van der Waals surface area (Å²) in [5.41, 5.74) is 0. The van der Waals surface area contributed by atoms with Crippen molar-refractivity contribution < 1.29 is 42.9 Å². The molecule has 2 unspecified atom stereocenters. The van der Waals surface area contributed by atoms with Crippen molar-refractivity contribution in [2.24, 2.45) is 0 Å². The minimum absolute atomic E-state index is 0.143. The molecule has 76 heavy (non-hydrogen) atoms. The highest BCUT2D eigenvalue weighted by atomic mass is 16.7. The van der Waals surface area contributed by atoms with E-state index >= 15 is 0 Å². The number of allylic oxidation sites excluding steroid dienone is 16. The largest absolute Gasteiger partial charge is 0.545 e. The van der Waals surface area contributed by atoms with Gasteiger partial charge in [0.05, 0.1) is 40.3 Å². The molecule has 436 valence electrons. The Labute approximate surface area is 467 Å². The summed E-state index contributed by atoms with van der Waals surface area (Å²) in [4.78, 5) is 37.3. The van der Waals surface area contributed by atoms with Gasteiger partial charge in [0.1, 0.15) is 13.2 Å². The maximum Gasteiger partial charge on any atom is 0.306 e.